The fraction of sp³-hybridized carbons (Fsp3) is 0.100. The lowest BCUT2D eigenvalue weighted by atomic mass is 10.2. The van der Waals surface area contributed by atoms with Crippen molar-refractivity contribution in [1.29, 1.82) is 0 Å². The van der Waals surface area contributed by atoms with E-state index in [2.05, 4.69) is 9.71 Å². The van der Waals surface area contributed by atoms with Crippen LogP contribution < -0.4 is 4.72 Å². The third-order valence-corrected chi connectivity index (χ3v) is 5.04. The first-order valence-corrected chi connectivity index (χ1v) is 7.52. The molecule has 106 valence electrons. The normalized spacial score (nSPS) is 11.2. The molecule has 0 radical (unpaired) electrons. The van der Waals surface area contributed by atoms with E-state index in [-0.39, 0.29) is 15.6 Å². The highest BCUT2D eigenvalue weighted by Gasteiger charge is 2.20. The Morgan fingerprint density at radius 1 is 1.45 bits per heavy atom. The molecule has 0 unspecified atom stereocenters. The summed E-state index contributed by atoms with van der Waals surface area (Å²) < 4.78 is 26.1. The van der Waals surface area contributed by atoms with Gasteiger partial charge in [0.05, 0.1) is 21.8 Å². The first-order valence-electron chi connectivity index (χ1n) is 5.22. The van der Waals surface area contributed by atoms with Gasteiger partial charge in [0.2, 0.25) is 0 Å². The highest BCUT2D eigenvalue weighted by molar-refractivity contribution is 7.94. The predicted molar refractivity (Wildman–Crippen MR) is 72.4 cm³/mol. The van der Waals surface area contributed by atoms with Gasteiger partial charge in [-0.3, -0.25) is 14.8 Å². The second-order valence-corrected chi connectivity index (χ2v) is 6.91. The number of sulfonamides is 1. The summed E-state index contributed by atoms with van der Waals surface area (Å²) in [6.45, 7) is 1.65. The number of anilines is 1. The van der Waals surface area contributed by atoms with Crippen LogP contribution in [0.1, 0.15) is 5.01 Å². The van der Waals surface area contributed by atoms with E-state index < -0.39 is 20.7 Å². The number of nitrogens with zero attached hydrogens (tertiary/aromatic N) is 2. The Morgan fingerprint density at radius 2 is 2.15 bits per heavy atom. The predicted octanol–water partition coefficient (Wildman–Crippen LogP) is 1.87. The van der Waals surface area contributed by atoms with E-state index in [4.69, 9.17) is 0 Å². The summed E-state index contributed by atoms with van der Waals surface area (Å²) in [6.07, 6.45) is 1.18. The lowest BCUT2D eigenvalue weighted by Gasteiger charge is -2.07. The highest BCUT2D eigenvalue weighted by Crippen LogP contribution is 2.30. The van der Waals surface area contributed by atoms with Crippen LogP contribution >= 0.6 is 11.3 Å². The van der Waals surface area contributed by atoms with E-state index in [1.165, 1.54) is 6.20 Å². The van der Waals surface area contributed by atoms with Crippen LogP contribution in [0.4, 0.5) is 11.4 Å². The Balaban J connectivity index is 2.39. The molecule has 0 bridgehead atoms. The minimum Gasteiger partial charge on any atom is -0.506 e. The van der Waals surface area contributed by atoms with Gasteiger partial charge in [0.15, 0.2) is 4.21 Å². The van der Waals surface area contributed by atoms with Crippen molar-refractivity contribution in [3.63, 3.8) is 0 Å². The zero-order valence-electron chi connectivity index (χ0n) is 10.1. The average molecular weight is 315 g/mol. The first-order chi connectivity index (χ1) is 9.29. The number of non-ortho nitro benzene ring substituents is 1. The second-order valence-electron chi connectivity index (χ2n) is 3.76. The van der Waals surface area contributed by atoms with E-state index in [1.807, 2.05) is 0 Å². The van der Waals surface area contributed by atoms with Gasteiger partial charge < -0.3 is 5.11 Å². The van der Waals surface area contributed by atoms with Crippen LogP contribution in [0.25, 0.3) is 0 Å². The molecular weight excluding hydrogens is 306 g/mol. The molecule has 1 heterocycles. The molecule has 0 saturated carbocycles. The maximum Gasteiger partial charge on any atom is 0.273 e. The van der Waals surface area contributed by atoms with Crippen molar-refractivity contribution in [1.82, 2.24) is 4.98 Å². The molecule has 20 heavy (non-hydrogen) atoms. The van der Waals surface area contributed by atoms with E-state index in [9.17, 15) is 23.6 Å². The number of aromatic hydroxyl groups is 1. The molecule has 1 aromatic heterocycles. The number of nitrogens with one attached hydrogen (secondary N) is 1. The number of phenols is 1. The van der Waals surface area contributed by atoms with Gasteiger partial charge in [0, 0.05) is 12.1 Å². The van der Waals surface area contributed by atoms with E-state index >= 15 is 0 Å². The molecule has 0 aliphatic carbocycles. The molecule has 0 amide bonds. The zero-order valence-corrected chi connectivity index (χ0v) is 11.7. The maximum absolute atomic E-state index is 12.0. The van der Waals surface area contributed by atoms with Gasteiger partial charge in [-0.15, -0.1) is 11.3 Å². The number of nitro groups is 1. The van der Waals surface area contributed by atoms with Crippen molar-refractivity contribution in [2.75, 3.05) is 4.72 Å². The summed E-state index contributed by atoms with van der Waals surface area (Å²) in [5.41, 5.74) is -0.591. The minimum absolute atomic E-state index is 0.0408. The molecule has 2 rings (SSSR count). The van der Waals surface area contributed by atoms with Gasteiger partial charge >= 0.3 is 0 Å². The molecular formula is C10H9N3O5S2. The van der Waals surface area contributed by atoms with Crippen molar-refractivity contribution < 1.29 is 18.4 Å². The van der Waals surface area contributed by atoms with Crippen LogP contribution in [0.2, 0.25) is 0 Å². The molecule has 8 nitrogen and oxygen atoms in total. The molecule has 0 spiro atoms. The number of hydrogen-bond acceptors (Lipinski definition) is 7. The lowest BCUT2D eigenvalue weighted by Crippen LogP contribution is -2.11. The summed E-state index contributed by atoms with van der Waals surface area (Å²) in [4.78, 5) is 13.8. The van der Waals surface area contributed by atoms with Gasteiger partial charge in [-0.2, -0.15) is 0 Å². The molecule has 0 aliphatic heterocycles. The summed E-state index contributed by atoms with van der Waals surface area (Å²) in [6, 6.07) is 3.07. The number of rotatable bonds is 4. The SMILES string of the molecule is Cc1ncc(S(=O)(=O)Nc2cc([N+](=O)[O-])ccc2O)s1. The van der Waals surface area contributed by atoms with E-state index in [0.29, 0.717) is 5.01 Å². The minimum atomic E-state index is -3.93. The fourth-order valence-electron chi connectivity index (χ4n) is 1.38. The number of phenolic OH excluding ortho intramolecular Hbond substituents is 1. The second kappa shape index (κ2) is 5.06. The largest absolute Gasteiger partial charge is 0.506 e. The molecule has 0 atom stereocenters. The van der Waals surface area contributed by atoms with Crippen molar-refractivity contribution >= 4 is 32.7 Å². The van der Waals surface area contributed by atoms with Crippen molar-refractivity contribution in [2.24, 2.45) is 0 Å². The number of thiazole rings is 1. The van der Waals surface area contributed by atoms with E-state index in [1.54, 1.807) is 6.92 Å². The third kappa shape index (κ3) is 2.86. The van der Waals surface area contributed by atoms with Gasteiger partial charge in [-0.25, -0.2) is 13.4 Å². The number of hydrogen-bond donors (Lipinski definition) is 2. The zero-order chi connectivity index (χ0) is 14.9. The number of benzene rings is 1. The summed E-state index contributed by atoms with van der Waals surface area (Å²) in [5.74, 6) is -0.402. The smallest absolute Gasteiger partial charge is 0.273 e. The van der Waals surface area contributed by atoms with Crippen LogP contribution in [0, 0.1) is 17.0 Å². The molecule has 10 heteroatoms. The highest BCUT2D eigenvalue weighted by atomic mass is 32.2. The van der Waals surface area contributed by atoms with Crippen molar-refractivity contribution in [2.45, 2.75) is 11.1 Å². The number of aryl methyl sites for hydroxylation is 1. The molecule has 2 N–H and O–H groups in total. The van der Waals surface area contributed by atoms with Crippen LogP contribution in [0.15, 0.2) is 28.6 Å². The first kappa shape index (κ1) is 14.2. The van der Waals surface area contributed by atoms with Gasteiger partial charge in [0.1, 0.15) is 5.75 Å². The Bertz CT molecular complexity index is 769. The Morgan fingerprint density at radius 3 is 2.70 bits per heavy atom. The summed E-state index contributed by atoms with van der Waals surface area (Å²) in [5, 5.41) is 20.8. The van der Waals surface area contributed by atoms with Crippen LogP contribution in [-0.2, 0) is 10.0 Å². The van der Waals surface area contributed by atoms with E-state index in [0.717, 1.165) is 29.5 Å². The average Bonchev–Trinajstić information content (AvgIpc) is 2.79. The number of nitro benzene ring substituents is 1. The van der Waals surface area contributed by atoms with Gasteiger partial charge in [0.25, 0.3) is 15.7 Å². The van der Waals surface area contributed by atoms with Crippen LogP contribution in [0.3, 0.4) is 0 Å². The van der Waals surface area contributed by atoms with Gasteiger partial charge in [-0.05, 0) is 13.0 Å². The molecule has 0 saturated heterocycles. The Labute approximate surface area is 117 Å². The topological polar surface area (TPSA) is 122 Å². The van der Waals surface area contributed by atoms with Crippen molar-refractivity contribution in [3.8, 4) is 5.75 Å². The lowest BCUT2D eigenvalue weighted by molar-refractivity contribution is -0.384. The fourth-order valence-corrected chi connectivity index (χ4v) is 3.55. The van der Waals surface area contributed by atoms with Crippen LogP contribution in [0.5, 0.6) is 5.75 Å². The molecule has 1 aromatic carbocycles. The van der Waals surface area contributed by atoms with Crippen LogP contribution in [-0.4, -0.2) is 23.4 Å². The quantitative estimate of drug-likeness (QED) is 0.504. The Kier molecular flexibility index (Phi) is 3.59. The summed E-state index contributed by atoms with van der Waals surface area (Å²) >= 11 is 0.953. The van der Waals surface area contributed by atoms with Crippen molar-refractivity contribution in [3.05, 3.63) is 39.5 Å². The molecule has 0 fully saturated rings. The Hall–Kier alpha value is -2.20. The molecule has 2 aromatic rings. The maximum atomic E-state index is 12.0. The number of aromatic nitrogens is 1. The molecule has 0 aliphatic rings. The summed E-state index contributed by atoms with van der Waals surface area (Å²) in [7, 11) is -3.93. The third-order valence-electron chi connectivity index (χ3n) is 2.30. The monoisotopic (exact) mass is 315 g/mol. The van der Waals surface area contributed by atoms with Gasteiger partial charge in [-0.1, -0.05) is 0 Å². The standard InChI is InChI=1S/C10H9N3O5S2/c1-6-11-5-10(19-6)20(17,18)12-8-4-7(13(15)16)2-3-9(8)14/h2-5,12,14H,1H3.